The van der Waals surface area contributed by atoms with Gasteiger partial charge < -0.3 is 10.5 Å². The minimum absolute atomic E-state index is 0.253. The van der Waals surface area contributed by atoms with Crippen molar-refractivity contribution in [3.8, 4) is 16.3 Å². The summed E-state index contributed by atoms with van der Waals surface area (Å²) in [6.07, 6.45) is 0. The summed E-state index contributed by atoms with van der Waals surface area (Å²) in [5.41, 5.74) is 8.13. The molecule has 0 spiro atoms. The smallest absolute Gasteiger partial charge is 0.141 e. The Bertz CT molecular complexity index is 754. The maximum atomic E-state index is 13.2. The lowest BCUT2D eigenvalue weighted by Gasteiger charge is -2.04. The first-order valence-electron chi connectivity index (χ1n) is 5.67. The third-order valence-electron chi connectivity index (χ3n) is 2.83. The van der Waals surface area contributed by atoms with Gasteiger partial charge in [-0.25, -0.2) is 9.37 Å². The number of benzene rings is 2. The number of halogens is 1. The average molecular weight is 274 g/mol. The van der Waals surface area contributed by atoms with E-state index in [1.165, 1.54) is 23.5 Å². The Kier molecular flexibility index (Phi) is 2.83. The van der Waals surface area contributed by atoms with E-state index >= 15 is 0 Å². The Morgan fingerprint density at radius 3 is 2.79 bits per heavy atom. The molecule has 0 radical (unpaired) electrons. The molecule has 0 bridgehead atoms. The molecule has 0 fully saturated rings. The lowest BCUT2D eigenvalue weighted by Crippen LogP contribution is -1.92. The van der Waals surface area contributed by atoms with Crippen LogP contribution in [0, 0.1) is 5.82 Å². The van der Waals surface area contributed by atoms with Gasteiger partial charge in [0.05, 0.1) is 23.0 Å². The van der Waals surface area contributed by atoms with Gasteiger partial charge in [0.2, 0.25) is 0 Å². The number of rotatable bonds is 2. The monoisotopic (exact) mass is 274 g/mol. The number of methoxy groups -OCH3 is 1. The molecule has 96 valence electrons. The summed E-state index contributed by atoms with van der Waals surface area (Å²) >= 11 is 1.44. The van der Waals surface area contributed by atoms with Crippen molar-refractivity contribution in [2.75, 3.05) is 12.8 Å². The molecule has 0 saturated carbocycles. The molecule has 1 aromatic heterocycles. The maximum Gasteiger partial charge on any atom is 0.141 e. The topological polar surface area (TPSA) is 48.1 Å². The van der Waals surface area contributed by atoms with Gasteiger partial charge in [0.1, 0.15) is 16.6 Å². The summed E-state index contributed by atoms with van der Waals surface area (Å²) in [6.45, 7) is 0. The van der Waals surface area contributed by atoms with Crippen molar-refractivity contribution in [3.63, 3.8) is 0 Å². The van der Waals surface area contributed by atoms with Gasteiger partial charge in [-0.2, -0.15) is 0 Å². The number of nitrogen functional groups attached to an aromatic ring is 1. The van der Waals surface area contributed by atoms with Crippen LogP contribution in [-0.2, 0) is 0 Å². The molecular weight excluding hydrogens is 263 g/mol. The summed E-state index contributed by atoms with van der Waals surface area (Å²) < 4.78 is 19.1. The van der Waals surface area contributed by atoms with E-state index in [4.69, 9.17) is 10.5 Å². The fourth-order valence-corrected chi connectivity index (χ4v) is 2.88. The van der Waals surface area contributed by atoms with Crippen molar-refractivity contribution in [1.29, 1.82) is 0 Å². The van der Waals surface area contributed by atoms with E-state index in [0.717, 1.165) is 20.8 Å². The zero-order chi connectivity index (χ0) is 13.4. The van der Waals surface area contributed by atoms with Crippen LogP contribution in [0.5, 0.6) is 5.75 Å². The van der Waals surface area contributed by atoms with Gasteiger partial charge in [-0.05, 0) is 36.4 Å². The number of ether oxygens (including phenoxy) is 1. The number of thiazole rings is 1. The third-order valence-corrected chi connectivity index (χ3v) is 3.89. The Labute approximate surface area is 113 Å². The van der Waals surface area contributed by atoms with Crippen LogP contribution in [0.15, 0.2) is 36.4 Å². The van der Waals surface area contributed by atoms with Gasteiger partial charge in [0.25, 0.3) is 0 Å². The molecule has 19 heavy (non-hydrogen) atoms. The molecule has 0 atom stereocenters. The normalized spacial score (nSPS) is 10.8. The van der Waals surface area contributed by atoms with Gasteiger partial charge >= 0.3 is 0 Å². The van der Waals surface area contributed by atoms with E-state index in [2.05, 4.69) is 4.98 Å². The first-order valence-corrected chi connectivity index (χ1v) is 6.49. The lowest BCUT2D eigenvalue weighted by atomic mass is 10.2. The quantitative estimate of drug-likeness (QED) is 0.725. The largest absolute Gasteiger partial charge is 0.495 e. The molecule has 2 aromatic carbocycles. The molecule has 0 aliphatic heterocycles. The van der Waals surface area contributed by atoms with E-state index in [0.29, 0.717) is 11.4 Å². The zero-order valence-electron chi connectivity index (χ0n) is 10.2. The molecule has 2 N–H and O–H groups in total. The zero-order valence-corrected chi connectivity index (χ0v) is 11.0. The Balaban J connectivity index is 2.11. The van der Waals surface area contributed by atoms with Crippen molar-refractivity contribution in [1.82, 2.24) is 4.98 Å². The molecular formula is C14H11FN2OS. The predicted octanol–water partition coefficient (Wildman–Crippen LogP) is 3.69. The number of fused-ring (bicyclic) bond motifs is 1. The minimum atomic E-state index is -0.253. The molecule has 3 aromatic rings. The van der Waals surface area contributed by atoms with E-state index in [9.17, 15) is 4.39 Å². The number of anilines is 1. The highest BCUT2D eigenvalue weighted by molar-refractivity contribution is 7.21. The third kappa shape index (κ3) is 2.13. The predicted molar refractivity (Wildman–Crippen MR) is 76.0 cm³/mol. The van der Waals surface area contributed by atoms with Gasteiger partial charge in [-0.15, -0.1) is 11.3 Å². The van der Waals surface area contributed by atoms with Crippen LogP contribution in [0.25, 0.3) is 20.8 Å². The second-order valence-corrected chi connectivity index (χ2v) is 5.12. The molecule has 0 aliphatic rings. The minimum Gasteiger partial charge on any atom is -0.495 e. The van der Waals surface area contributed by atoms with Crippen LogP contribution in [0.3, 0.4) is 0 Å². The highest BCUT2D eigenvalue weighted by Crippen LogP contribution is 2.33. The summed E-state index contributed by atoms with van der Waals surface area (Å²) in [7, 11) is 1.58. The number of nitrogens with two attached hydrogens (primary N) is 1. The van der Waals surface area contributed by atoms with Crippen LogP contribution in [-0.4, -0.2) is 12.1 Å². The molecule has 0 aliphatic carbocycles. The van der Waals surface area contributed by atoms with Crippen molar-refractivity contribution in [3.05, 3.63) is 42.2 Å². The summed E-state index contributed by atoms with van der Waals surface area (Å²) in [5.74, 6) is 0.382. The van der Waals surface area contributed by atoms with Crippen molar-refractivity contribution in [2.24, 2.45) is 0 Å². The van der Waals surface area contributed by atoms with Crippen LogP contribution < -0.4 is 10.5 Å². The lowest BCUT2D eigenvalue weighted by molar-refractivity contribution is 0.417. The first kappa shape index (κ1) is 11.9. The number of aromatic nitrogens is 1. The van der Waals surface area contributed by atoms with E-state index < -0.39 is 0 Å². The molecule has 5 heteroatoms. The summed E-state index contributed by atoms with van der Waals surface area (Å²) in [4.78, 5) is 4.48. The van der Waals surface area contributed by atoms with E-state index in [1.807, 2.05) is 12.1 Å². The van der Waals surface area contributed by atoms with Gasteiger partial charge in [0.15, 0.2) is 0 Å². The Hall–Kier alpha value is -2.14. The molecule has 3 nitrogen and oxygen atoms in total. The van der Waals surface area contributed by atoms with E-state index in [1.54, 1.807) is 19.2 Å². The van der Waals surface area contributed by atoms with Crippen LogP contribution in [0.4, 0.5) is 10.1 Å². The highest BCUT2D eigenvalue weighted by atomic mass is 32.1. The van der Waals surface area contributed by atoms with E-state index in [-0.39, 0.29) is 5.82 Å². The fourth-order valence-electron chi connectivity index (χ4n) is 1.89. The molecule has 3 rings (SSSR count). The van der Waals surface area contributed by atoms with Crippen molar-refractivity contribution >= 4 is 27.2 Å². The number of hydrogen-bond donors (Lipinski definition) is 1. The standard InChI is InChI=1S/C14H11FN2OS/c1-18-12-5-2-8(6-10(12)16)14-17-11-4-3-9(15)7-13(11)19-14/h2-7H,16H2,1H3. The second-order valence-electron chi connectivity index (χ2n) is 4.09. The average Bonchev–Trinajstić information content (AvgIpc) is 2.81. The summed E-state index contributed by atoms with van der Waals surface area (Å²) in [5, 5.41) is 0.815. The highest BCUT2D eigenvalue weighted by Gasteiger charge is 2.09. The molecule has 1 heterocycles. The second kappa shape index (κ2) is 4.51. The SMILES string of the molecule is COc1ccc(-c2nc3ccc(F)cc3s2)cc1N. The van der Waals surface area contributed by atoms with Crippen LogP contribution in [0.1, 0.15) is 0 Å². The van der Waals surface area contributed by atoms with Crippen molar-refractivity contribution < 1.29 is 9.13 Å². The van der Waals surface area contributed by atoms with Crippen molar-refractivity contribution in [2.45, 2.75) is 0 Å². The molecule has 0 amide bonds. The Morgan fingerprint density at radius 1 is 1.21 bits per heavy atom. The van der Waals surface area contributed by atoms with Gasteiger partial charge in [-0.3, -0.25) is 0 Å². The fraction of sp³-hybridized carbons (Fsp3) is 0.0714. The molecule has 0 unspecified atom stereocenters. The first-order chi connectivity index (χ1) is 9.17. The summed E-state index contributed by atoms with van der Waals surface area (Å²) in [6, 6.07) is 10.1. The number of nitrogens with zero attached hydrogens (tertiary/aromatic N) is 1. The van der Waals surface area contributed by atoms with Crippen LogP contribution >= 0.6 is 11.3 Å². The molecule has 0 saturated heterocycles. The van der Waals surface area contributed by atoms with Crippen LogP contribution in [0.2, 0.25) is 0 Å². The maximum absolute atomic E-state index is 13.2. The number of hydrogen-bond acceptors (Lipinski definition) is 4. The van der Waals surface area contributed by atoms with Gasteiger partial charge in [0, 0.05) is 5.56 Å². The Morgan fingerprint density at radius 2 is 2.05 bits per heavy atom. The van der Waals surface area contributed by atoms with Gasteiger partial charge in [-0.1, -0.05) is 0 Å².